The molecule has 1 aliphatic rings. The van der Waals surface area contributed by atoms with Crippen molar-refractivity contribution in [3.05, 3.63) is 76.5 Å². The number of likely N-dealkylation sites (N-methyl/N-ethyl adjacent to an activating group) is 1. The van der Waals surface area contributed by atoms with Gasteiger partial charge in [-0.15, -0.1) is 0 Å². The van der Waals surface area contributed by atoms with Gasteiger partial charge in [0.15, 0.2) is 5.78 Å². The Morgan fingerprint density at radius 3 is 2.55 bits per heavy atom. The lowest BCUT2D eigenvalue weighted by molar-refractivity contribution is 0.104. The minimum absolute atomic E-state index is 0.0229. The highest BCUT2D eigenvalue weighted by molar-refractivity contribution is 6.31. The second kappa shape index (κ2) is 5.29. The van der Waals surface area contributed by atoms with Gasteiger partial charge in [0.1, 0.15) is 0 Å². The van der Waals surface area contributed by atoms with Gasteiger partial charge in [-0.2, -0.15) is 0 Å². The van der Waals surface area contributed by atoms with E-state index in [9.17, 15) is 4.79 Å². The fourth-order valence-electron chi connectivity index (χ4n) is 3.11. The zero-order valence-electron chi connectivity index (χ0n) is 12.9. The summed E-state index contributed by atoms with van der Waals surface area (Å²) in [5.41, 5.74) is 3.80. The number of benzene rings is 2. The predicted molar refractivity (Wildman–Crippen MR) is 91.7 cm³/mol. The molecule has 0 aromatic heterocycles. The van der Waals surface area contributed by atoms with Gasteiger partial charge in [0.25, 0.3) is 0 Å². The number of hydrogen-bond acceptors (Lipinski definition) is 2. The lowest BCUT2D eigenvalue weighted by Gasteiger charge is -2.24. The molecule has 22 heavy (non-hydrogen) atoms. The Morgan fingerprint density at radius 2 is 1.86 bits per heavy atom. The number of fused-ring (bicyclic) bond motifs is 1. The first kappa shape index (κ1) is 14.9. The molecule has 0 unspecified atom stereocenters. The summed E-state index contributed by atoms with van der Waals surface area (Å²) in [5, 5.41) is 0.576. The number of allylic oxidation sites excluding steroid dienone is 2. The van der Waals surface area contributed by atoms with Crippen LogP contribution in [0.4, 0.5) is 5.69 Å². The molecule has 1 heterocycles. The molecule has 0 aliphatic carbocycles. The molecule has 2 aromatic carbocycles. The number of carbonyl (C=O) groups is 1. The standard InChI is InChI=1S/C19H18ClNO/c1-19(2)15-9-4-5-10-16(15)21(3)18(19)12-17(22)13-7-6-8-14(20)11-13/h4-12H,1-3H3. The summed E-state index contributed by atoms with van der Waals surface area (Å²) < 4.78 is 0. The maximum atomic E-state index is 12.6. The van der Waals surface area contributed by atoms with Crippen molar-refractivity contribution in [2.24, 2.45) is 0 Å². The summed E-state index contributed by atoms with van der Waals surface area (Å²) in [6.07, 6.45) is 1.73. The van der Waals surface area contributed by atoms with E-state index in [1.165, 1.54) is 5.56 Å². The van der Waals surface area contributed by atoms with Crippen molar-refractivity contribution in [3.63, 3.8) is 0 Å². The summed E-state index contributed by atoms with van der Waals surface area (Å²) in [7, 11) is 2.00. The van der Waals surface area contributed by atoms with Crippen LogP contribution in [0.1, 0.15) is 29.8 Å². The van der Waals surface area contributed by atoms with Crippen molar-refractivity contribution in [3.8, 4) is 0 Å². The van der Waals surface area contributed by atoms with Crippen LogP contribution in [-0.2, 0) is 5.41 Å². The van der Waals surface area contributed by atoms with E-state index in [1.807, 2.05) is 19.2 Å². The minimum atomic E-state index is -0.195. The van der Waals surface area contributed by atoms with Crippen molar-refractivity contribution in [1.82, 2.24) is 0 Å². The zero-order valence-corrected chi connectivity index (χ0v) is 13.7. The van der Waals surface area contributed by atoms with E-state index < -0.39 is 0 Å². The van der Waals surface area contributed by atoms with Crippen LogP contribution in [0.2, 0.25) is 5.02 Å². The van der Waals surface area contributed by atoms with Crippen LogP contribution in [0.3, 0.4) is 0 Å². The Bertz CT molecular complexity index is 777. The first-order valence-corrected chi connectivity index (χ1v) is 7.64. The molecule has 3 rings (SSSR count). The van der Waals surface area contributed by atoms with Gasteiger partial charge in [-0.3, -0.25) is 4.79 Å². The van der Waals surface area contributed by atoms with Gasteiger partial charge in [0, 0.05) is 40.5 Å². The van der Waals surface area contributed by atoms with Crippen molar-refractivity contribution >= 4 is 23.1 Å². The third-order valence-corrected chi connectivity index (χ3v) is 4.55. The van der Waals surface area contributed by atoms with E-state index in [-0.39, 0.29) is 11.2 Å². The number of rotatable bonds is 2. The molecule has 112 valence electrons. The zero-order chi connectivity index (χ0) is 15.9. The van der Waals surface area contributed by atoms with Crippen LogP contribution >= 0.6 is 11.6 Å². The fraction of sp³-hybridized carbons (Fsp3) is 0.211. The molecule has 0 amide bonds. The molecule has 3 heteroatoms. The van der Waals surface area contributed by atoms with Crippen LogP contribution in [0.15, 0.2) is 60.3 Å². The smallest absolute Gasteiger partial charge is 0.187 e. The molecule has 0 atom stereocenters. The van der Waals surface area contributed by atoms with Crippen LogP contribution in [0.5, 0.6) is 0 Å². The second-order valence-electron chi connectivity index (χ2n) is 6.11. The Morgan fingerprint density at radius 1 is 1.14 bits per heavy atom. The Balaban J connectivity index is 2.04. The van der Waals surface area contributed by atoms with E-state index in [4.69, 9.17) is 11.6 Å². The number of para-hydroxylation sites is 1. The lowest BCUT2D eigenvalue weighted by Crippen LogP contribution is -2.24. The highest BCUT2D eigenvalue weighted by atomic mass is 35.5. The van der Waals surface area contributed by atoms with Crippen LogP contribution in [0.25, 0.3) is 0 Å². The molecule has 0 saturated carbocycles. The summed E-state index contributed by atoms with van der Waals surface area (Å²) in [4.78, 5) is 14.7. The van der Waals surface area contributed by atoms with Gasteiger partial charge in [-0.1, -0.05) is 55.8 Å². The maximum absolute atomic E-state index is 12.6. The van der Waals surface area contributed by atoms with Crippen LogP contribution < -0.4 is 4.90 Å². The number of carbonyl (C=O) groups excluding carboxylic acids is 1. The van der Waals surface area contributed by atoms with Crippen LogP contribution in [-0.4, -0.2) is 12.8 Å². The van der Waals surface area contributed by atoms with E-state index in [0.29, 0.717) is 10.6 Å². The van der Waals surface area contributed by atoms with E-state index in [0.717, 1.165) is 11.4 Å². The van der Waals surface area contributed by atoms with Gasteiger partial charge in [-0.25, -0.2) is 0 Å². The number of anilines is 1. The molecule has 0 spiro atoms. The predicted octanol–water partition coefficient (Wildman–Crippen LogP) is 4.83. The Kier molecular flexibility index (Phi) is 3.57. The highest BCUT2D eigenvalue weighted by Gasteiger charge is 2.38. The van der Waals surface area contributed by atoms with Crippen molar-refractivity contribution in [2.75, 3.05) is 11.9 Å². The number of nitrogens with zero attached hydrogens (tertiary/aromatic N) is 1. The summed E-state index contributed by atoms with van der Waals surface area (Å²) in [5.74, 6) is -0.0229. The third-order valence-electron chi connectivity index (χ3n) is 4.32. The normalized spacial score (nSPS) is 17.6. The van der Waals surface area contributed by atoms with Gasteiger partial charge in [-0.05, 0) is 23.8 Å². The fourth-order valence-corrected chi connectivity index (χ4v) is 3.30. The van der Waals surface area contributed by atoms with Crippen molar-refractivity contribution < 1.29 is 4.79 Å². The Hall–Kier alpha value is -2.06. The summed E-state index contributed by atoms with van der Waals surface area (Å²) >= 11 is 5.98. The molecular formula is C19H18ClNO. The van der Waals surface area contributed by atoms with E-state index in [2.05, 4.69) is 30.9 Å². The molecule has 0 saturated heterocycles. The Labute approximate surface area is 136 Å². The number of ketones is 1. The first-order valence-electron chi connectivity index (χ1n) is 7.26. The topological polar surface area (TPSA) is 20.3 Å². The molecule has 0 radical (unpaired) electrons. The molecule has 2 nitrogen and oxygen atoms in total. The van der Waals surface area contributed by atoms with Gasteiger partial charge >= 0.3 is 0 Å². The minimum Gasteiger partial charge on any atom is -0.347 e. The second-order valence-corrected chi connectivity index (χ2v) is 6.54. The molecule has 0 fully saturated rings. The molecule has 1 aliphatic heterocycles. The SMILES string of the molecule is CN1C(=CC(=O)c2cccc(Cl)c2)C(C)(C)c2ccccc21. The lowest BCUT2D eigenvalue weighted by atomic mass is 9.83. The van der Waals surface area contributed by atoms with Crippen LogP contribution in [0, 0.1) is 0 Å². The van der Waals surface area contributed by atoms with E-state index >= 15 is 0 Å². The molecule has 2 aromatic rings. The summed E-state index contributed by atoms with van der Waals surface area (Å²) in [6, 6.07) is 15.3. The highest BCUT2D eigenvalue weighted by Crippen LogP contribution is 2.46. The number of halogens is 1. The third kappa shape index (κ3) is 2.34. The molecule has 0 N–H and O–H groups in total. The average Bonchev–Trinajstić information content (AvgIpc) is 2.69. The van der Waals surface area contributed by atoms with E-state index in [1.54, 1.807) is 30.3 Å². The van der Waals surface area contributed by atoms with Gasteiger partial charge in [0.05, 0.1) is 0 Å². The first-order chi connectivity index (χ1) is 10.4. The quantitative estimate of drug-likeness (QED) is 0.584. The maximum Gasteiger partial charge on any atom is 0.187 e. The monoisotopic (exact) mass is 311 g/mol. The van der Waals surface area contributed by atoms with Crippen molar-refractivity contribution in [2.45, 2.75) is 19.3 Å². The molecular weight excluding hydrogens is 294 g/mol. The van der Waals surface area contributed by atoms with Gasteiger partial charge < -0.3 is 4.90 Å². The largest absolute Gasteiger partial charge is 0.347 e. The number of hydrogen-bond donors (Lipinski definition) is 0. The summed E-state index contributed by atoms with van der Waals surface area (Å²) in [6.45, 7) is 4.29. The average molecular weight is 312 g/mol. The van der Waals surface area contributed by atoms with Gasteiger partial charge in [0.2, 0.25) is 0 Å². The van der Waals surface area contributed by atoms with Crippen molar-refractivity contribution in [1.29, 1.82) is 0 Å². The molecule has 0 bridgehead atoms.